The lowest BCUT2D eigenvalue weighted by Crippen LogP contribution is -2.33. The van der Waals surface area contributed by atoms with Gasteiger partial charge in [0.15, 0.2) is 0 Å². The summed E-state index contributed by atoms with van der Waals surface area (Å²) in [6, 6.07) is 17.6. The van der Waals surface area contributed by atoms with E-state index in [1.807, 2.05) is 59.1 Å². The number of hydrogen-bond acceptors (Lipinski definition) is 5. The maximum atomic E-state index is 13.1. The van der Waals surface area contributed by atoms with Crippen LogP contribution in [0.2, 0.25) is 0 Å². The molecule has 1 aliphatic heterocycles. The van der Waals surface area contributed by atoms with E-state index in [4.69, 9.17) is 5.10 Å². The highest BCUT2D eigenvalue weighted by atomic mass is 16.2. The minimum atomic E-state index is 0.0419. The Kier molecular flexibility index (Phi) is 4.59. The Morgan fingerprint density at radius 3 is 2.47 bits per heavy atom. The van der Waals surface area contributed by atoms with Crippen LogP contribution in [0, 0.1) is 0 Å². The van der Waals surface area contributed by atoms with E-state index >= 15 is 0 Å². The maximum absolute atomic E-state index is 13.1. The Balaban J connectivity index is 1.36. The van der Waals surface area contributed by atoms with Crippen molar-refractivity contribution in [2.24, 2.45) is 7.05 Å². The normalized spacial score (nSPS) is 13.7. The van der Waals surface area contributed by atoms with E-state index in [0.29, 0.717) is 18.7 Å². The summed E-state index contributed by atoms with van der Waals surface area (Å²) in [5, 5.41) is 15.9. The summed E-state index contributed by atoms with van der Waals surface area (Å²) in [7, 11) is 1.99. The van der Waals surface area contributed by atoms with Crippen molar-refractivity contribution in [1.29, 1.82) is 0 Å². The van der Waals surface area contributed by atoms with Gasteiger partial charge in [0.1, 0.15) is 6.33 Å². The standard InChI is InChI=1S/C22H21N7O/c1-27-20-12-14-28(13-11-19(20)21(24-27)16-5-3-2-4-6-16)22(30)17-7-9-18(10-8-17)29-15-23-25-26-29/h2-10,15H,11-14H2,1H3. The third-order valence-corrected chi connectivity index (χ3v) is 5.59. The molecule has 0 saturated carbocycles. The molecule has 2 aromatic carbocycles. The van der Waals surface area contributed by atoms with E-state index in [0.717, 1.165) is 29.8 Å². The van der Waals surface area contributed by atoms with Gasteiger partial charge in [-0.15, -0.1) is 5.10 Å². The van der Waals surface area contributed by atoms with Gasteiger partial charge in [-0.25, -0.2) is 4.68 Å². The van der Waals surface area contributed by atoms with Crippen molar-refractivity contribution in [1.82, 2.24) is 34.9 Å². The van der Waals surface area contributed by atoms with Crippen LogP contribution in [0.15, 0.2) is 60.9 Å². The van der Waals surface area contributed by atoms with Crippen molar-refractivity contribution < 1.29 is 4.79 Å². The molecule has 0 unspecified atom stereocenters. The van der Waals surface area contributed by atoms with E-state index in [2.05, 4.69) is 27.7 Å². The first kappa shape index (κ1) is 18.2. The fraction of sp³-hybridized carbons (Fsp3) is 0.227. The van der Waals surface area contributed by atoms with Crippen LogP contribution < -0.4 is 0 Å². The third-order valence-electron chi connectivity index (χ3n) is 5.59. The average Bonchev–Trinajstić information content (AvgIpc) is 3.37. The molecule has 30 heavy (non-hydrogen) atoms. The number of rotatable bonds is 3. The van der Waals surface area contributed by atoms with Crippen molar-refractivity contribution in [3.63, 3.8) is 0 Å². The second-order valence-electron chi connectivity index (χ2n) is 7.36. The van der Waals surface area contributed by atoms with Crippen molar-refractivity contribution in [2.45, 2.75) is 12.8 Å². The van der Waals surface area contributed by atoms with Crippen molar-refractivity contribution >= 4 is 5.91 Å². The molecule has 0 fully saturated rings. The van der Waals surface area contributed by atoms with Crippen LogP contribution in [-0.2, 0) is 19.9 Å². The first-order chi connectivity index (χ1) is 14.7. The molecule has 0 aliphatic carbocycles. The molecular formula is C22H21N7O. The predicted octanol–water partition coefficient (Wildman–Crippen LogP) is 2.30. The molecule has 8 nitrogen and oxygen atoms in total. The summed E-state index contributed by atoms with van der Waals surface area (Å²) >= 11 is 0. The first-order valence-corrected chi connectivity index (χ1v) is 9.93. The second kappa shape index (κ2) is 7.55. The Morgan fingerprint density at radius 1 is 0.967 bits per heavy atom. The summed E-state index contributed by atoms with van der Waals surface area (Å²) in [6.07, 6.45) is 3.11. The Bertz CT molecular complexity index is 1160. The number of carbonyl (C=O) groups excluding carboxylic acids is 1. The predicted molar refractivity (Wildman–Crippen MR) is 111 cm³/mol. The average molecular weight is 399 g/mol. The summed E-state index contributed by atoms with van der Waals surface area (Å²) in [5.74, 6) is 0.0419. The summed E-state index contributed by atoms with van der Waals surface area (Å²) < 4.78 is 3.53. The number of tetrazole rings is 1. The van der Waals surface area contributed by atoms with Gasteiger partial charge in [-0.2, -0.15) is 5.10 Å². The highest BCUT2D eigenvalue weighted by Crippen LogP contribution is 2.28. The van der Waals surface area contributed by atoms with Crippen molar-refractivity contribution in [2.75, 3.05) is 13.1 Å². The molecule has 150 valence electrons. The van der Waals surface area contributed by atoms with Crippen LogP contribution in [0.5, 0.6) is 0 Å². The number of nitrogens with zero attached hydrogens (tertiary/aromatic N) is 7. The summed E-state index contributed by atoms with van der Waals surface area (Å²) in [6.45, 7) is 1.35. The van der Waals surface area contributed by atoms with Gasteiger partial charge < -0.3 is 4.90 Å². The van der Waals surface area contributed by atoms with Crippen LogP contribution >= 0.6 is 0 Å². The van der Waals surface area contributed by atoms with E-state index in [-0.39, 0.29) is 5.91 Å². The largest absolute Gasteiger partial charge is 0.338 e. The van der Waals surface area contributed by atoms with Gasteiger partial charge in [0.2, 0.25) is 0 Å². The van der Waals surface area contributed by atoms with E-state index in [9.17, 15) is 4.79 Å². The van der Waals surface area contributed by atoms with Gasteiger partial charge in [0.25, 0.3) is 5.91 Å². The fourth-order valence-electron chi connectivity index (χ4n) is 4.03. The zero-order chi connectivity index (χ0) is 20.5. The Morgan fingerprint density at radius 2 is 1.73 bits per heavy atom. The lowest BCUT2D eigenvalue weighted by atomic mass is 10.0. The van der Waals surface area contributed by atoms with Gasteiger partial charge in [-0.05, 0) is 41.1 Å². The second-order valence-corrected chi connectivity index (χ2v) is 7.36. The highest BCUT2D eigenvalue weighted by Gasteiger charge is 2.25. The van der Waals surface area contributed by atoms with Crippen molar-refractivity contribution in [3.8, 4) is 16.9 Å². The number of fused-ring (bicyclic) bond motifs is 1. The molecule has 0 bridgehead atoms. The van der Waals surface area contributed by atoms with E-state index < -0.39 is 0 Å². The van der Waals surface area contributed by atoms with Crippen molar-refractivity contribution in [3.05, 3.63) is 77.7 Å². The zero-order valence-electron chi connectivity index (χ0n) is 16.6. The molecule has 1 amide bonds. The number of aromatic nitrogens is 6. The summed E-state index contributed by atoms with van der Waals surface area (Å²) in [5.41, 5.74) is 6.07. The van der Waals surface area contributed by atoms with Crippen LogP contribution in [0.3, 0.4) is 0 Å². The number of aryl methyl sites for hydroxylation is 1. The molecule has 2 aromatic heterocycles. The Labute approximate surface area is 173 Å². The highest BCUT2D eigenvalue weighted by molar-refractivity contribution is 5.94. The molecule has 8 heteroatoms. The molecule has 0 atom stereocenters. The zero-order valence-corrected chi connectivity index (χ0v) is 16.6. The van der Waals surface area contributed by atoms with Crippen LogP contribution in [-0.4, -0.2) is 53.9 Å². The lowest BCUT2D eigenvalue weighted by Gasteiger charge is -2.20. The monoisotopic (exact) mass is 399 g/mol. The number of carbonyl (C=O) groups is 1. The minimum absolute atomic E-state index is 0.0419. The van der Waals surface area contributed by atoms with Gasteiger partial charge in [-0.1, -0.05) is 30.3 Å². The van der Waals surface area contributed by atoms with Gasteiger partial charge in [-0.3, -0.25) is 9.48 Å². The van der Waals surface area contributed by atoms with Crippen LogP contribution in [0.4, 0.5) is 0 Å². The maximum Gasteiger partial charge on any atom is 0.253 e. The minimum Gasteiger partial charge on any atom is -0.338 e. The molecule has 5 rings (SSSR count). The third kappa shape index (κ3) is 3.26. The molecule has 1 aliphatic rings. The molecule has 4 aromatic rings. The Hall–Kier alpha value is -3.81. The lowest BCUT2D eigenvalue weighted by molar-refractivity contribution is 0.0762. The van der Waals surface area contributed by atoms with Crippen LogP contribution in [0.1, 0.15) is 21.6 Å². The summed E-state index contributed by atoms with van der Waals surface area (Å²) in [4.78, 5) is 15.1. The number of amides is 1. The smallest absolute Gasteiger partial charge is 0.253 e. The fourth-order valence-corrected chi connectivity index (χ4v) is 4.03. The van der Waals surface area contributed by atoms with E-state index in [1.54, 1.807) is 4.68 Å². The molecule has 0 saturated heterocycles. The van der Waals surface area contributed by atoms with E-state index in [1.165, 1.54) is 17.6 Å². The molecule has 0 radical (unpaired) electrons. The van der Waals surface area contributed by atoms with Gasteiger partial charge >= 0.3 is 0 Å². The quantitative estimate of drug-likeness (QED) is 0.528. The van der Waals surface area contributed by atoms with Crippen LogP contribution in [0.25, 0.3) is 16.9 Å². The molecule has 0 N–H and O–H groups in total. The topological polar surface area (TPSA) is 81.7 Å². The number of hydrogen-bond donors (Lipinski definition) is 0. The number of benzene rings is 2. The molecule has 0 spiro atoms. The molecular weight excluding hydrogens is 378 g/mol. The first-order valence-electron chi connectivity index (χ1n) is 9.93. The van der Waals surface area contributed by atoms with Gasteiger partial charge in [0, 0.05) is 48.9 Å². The molecule has 3 heterocycles. The van der Waals surface area contributed by atoms with Gasteiger partial charge in [0.05, 0.1) is 11.4 Å². The SMILES string of the molecule is Cn1nc(-c2ccccc2)c2c1CCN(C(=O)c1ccc(-n3cnnn3)cc1)CC2.